The Morgan fingerprint density at radius 1 is 1.26 bits per heavy atom. The minimum Gasteiger partial charge on any atom is -0.381 e. The van der Waals surface area contributed by atoms with Gasteiger partial charge in [-0.2, -0.15) is 9.61 Å². The maximum atomic E-state index is 12.0. The summed E-state index contributed by atoms with van der Waals surface area (Å²) in [7, 11) is 0. The fourth-order valence-electron chi connectivity index (χ4n) is 3.77. The number of fused-ring (bicyclic) bond motifs is 1. The number of carbonyl (C=O) groups is 2. The summed E-state index contributed by atoms with van der Waals surface area (Å²) in [5.74, 6) is 0.816. The van der Waals surface area contributed by atoms with Crippen molar-refractivity contribution in [1.82, 2.24) is 25.2 Å². The van der Waals surface area contributed by atoms with E-state index in [-0.39, 0.29) is 11.1 Å². The second-order valence-electron chi connectivity index (χ2n) is 8.45. The molecule has 1 aliphatic heterocycles. The van der Waals surface area contributed by atoms with E-state index in [1.807, 2.05) is 25.1 Å². The Balaban J connectivity index is 1.50. The maximum Gasteiger partial charge on any atom is 0.326 e. The third-order valence-corrected chi connectivity index (χ3v) is 6.06. The minimum absolute atomic E-state index is 0.121. The highest BCUT2D eigenvalue weighted by atomic mass is 35.5. The second kappa shape index (κ2) is 8.96. The largest absolute Gasteiger partial charge is 0.381 e. The van der Waals surface area contributed by atoms with Crippen molar-refractivity contribution in [2.45, 2.75) is 19.8 Å². The number of aromatic nitrogens is 3. The number of carbonyl (C=O) groups excluding carboxylic acids is 2. The first-order valence-corrected chi connectivity index (χ1v) is 11.4. The van der Waals surface area contributed by atoms with Crippen molar-refractivity contribution in [3.05, 3.63) is 52.8 Å². The zero-order valence-electron chi connectivity index (χ0n) is 18.5. The van der Waals surface area contributed by atoms with Crippen LogP contribution in [0.4, 0.5) is 22.1 Å². The van der Waals surface area contributed by atoms with Gasteiger partial charge in [-0.3, -0.25) is 10.1 Å². The van der Waals surface area contributed by atoms with Crippen molar-refractivity contribution in [2.75, 3.05) is 30.4 Å². The lowest BCUT2D eigenvalue weighted by Gasteiger charge is -2.18. The van der Waals surface area contributed by atoms with Gasteiger partial charge in [-0.1, -0.05) is 17.7 Å². The van der Waals surface area contributed by atoms with Crippen LogP contribution in [0.3, 0.4) is 0 Å². The fourth-order valence-corrected chi connectivity index (χ4v) is 3.96. The van der Waals surface area contributed by atoms with Crippen LogP contribution in [0, 0.1) is 5.41 Å². The van der Waals surface area contributed by atoms with Crippen molar-refractivity contribution >= 4 is 52.6 Å². The highest BCUT2D eigenvalue weighted by Crippen LogP contribution is 2.46. The van der Waals surface area contributed by atoms with Crippen molar-refractivity contribution in [2.24, 2.45) is 5.41 Å². The Labute approximate surface area is 200 Å². The number of hydrogen-bond acceptors (Lipinski definition) is 7. The molecular formula is C23H24ClN7O3. The van der Waals surface area contributed by atoms with Crippen LogP contribution in [-0.4, -0.2) is 46.3 Å². The first kappa shape index (κ1) is 22.2. The molecule has 1 aromatic carbocycles. The van der Waals surface area contributed by atoms with E-state index in [1.54, 1.807) is 28.9 Å². The van der Waals surface area contributed by atoms with Crippen molar-refractivity contribution in [3.63, 3.8) is 0 Å². The molecule has 2 aliphatic rings. The Kier molecular flexibility index (Phi) is 5.84. The highest BCUT2D eigenvalue weighted by Gasteiger charge is 2.42. The van der Waals surface area contributed by atoms with Gasteiger partial charge in [0, 0.05) is 40.9 Å². The van der Waals surface area contributed by atoms with Crippen molar-refractivity contribution in [1.29, 1.82) is 0 Å². The molecule has 34 heavy (non-hydrogen) atoms. The molecule has 4 N–H and O–H groups in total. The summed E-state index contributed by atoms with van der Waals surface area (Å²) in [6.45, 7) is 4.13. The predicted molar refractivity (Wildman–Crippen MR) is 129 cm³/mol. The number of hydrogen-bond donors (Lipinski definition) is 4. The second-order valence-corrected chi connectivity index (χ2v) is 8.89. The molecule has 3 heterocycles. The number of nitrogens with one attached hydrogen (secondary N) is 4. The van der Waals surface area contributed by atoms with Gasteiger partial charge in [0.2, 0.25) is 0 Å². The number of urea groups is 1. The van der Waals surface area contributed by atoms with E-state index >= 15 is 0 Å². The molecule has 176 valence electrons. The van der Waals surface area contributed by atoms with E-state index in [9.17, 15) is 9.59 Å². The number of anilines is 3. The van der Waals surface area contributed by atoms with Crippen LogP contribution in [-0.2, 0) is 9.53 Å². The van der Waals surface area contributed by atoms with Gasteiger partial charge < -0.3 is 20.7 Å². The van der Waals surface area contributed by atoms with Crippen molar-refractivity contribution < 1.29 is 14.3 Å². The predicted octanol–water partition coefficient (Wildman–Crippen LogP) is 3.54. The van der Waals surface area contributed by atoms with Crippen LogP contribution in [0.2, 0.25) is 5.02 Å². The average Bonchev–Trinajstić information content (AvgIpc) is 3.36. The average molecular weight is 482 g/mol. The minimum atomic E-state index is -0.560. The number of benzene rings is 1. The number of rotatable bonds is 9. The molecule has 0 atom stereocenters. The lowest BCUT2D eigenvalue weighted by molar-refractivity contribution is -0.115. The van der Waals surface area contributed by atoms with Crippen LogP contribution < -0.4 is 21.3 Å². The van der Waals surface area contributed by atoms with E-state index < -0.39 is 11.9 Å². The van der Waals surface area contributed by atoms with Crippen LogP contribution >= 0.6 is 11.6 Å². The molecule has 2 aromatic heterocycles. The molecule has 2 fully saturated rings. The number of amides is 3. The van der Waals surface area contributed by atoms with Gasteiger partial charge in [-0.05, 0) is 44.0 Å². The summed E-state index contributed by atoms with van der Waals surface area (Å²) in [6.07, 6.45) is 5.37. The Hall–Kier alpha value is -3.63. The zero-order valence-corrected chi connectivity index (χ0v) is 19.3. The molecule has 10 nitrogen and oxygen atoms in total. The van der Waals surface area contributed by atoms with Gasteiger partial charge in [0.1, 0.15) is 17.3 Å². The van der Waals surface area contributed by atoms with Gasteiger partial charge in [0.25, 0.3) is 5.91 Å². The van der Waals surface area contributed by atoms with Crippen LogP contribution in [0.15, 0.2) is 42.2 Å². The van der Waals surface area contributed by atoms with E-state index in [4.69, 9.17) is 21.3 Å². The van der Waals surface area contributed by atoms with Crippen LogP contribution in [0.1, 0.15) is 25.3 Å². The third-order valence-electron chi connectivity index (χ3n) is 5.83. The summed E-state index contributed by atoms with van der Waals surface area (Å²) in [5, 5.41) is 16.5. The molecule has 11 heteroatoms. The van der Waals surface area contributed by atoms with Gasteiger partial charge in [0.15, 0.2) is 5.65 Å². The molecule has 1 saturated heterocycles. The van der Waals surface area contributed by atoms with E-state index in [0.29, 0.717) is 35.3 Å². The molecule has 0 radical (unpaired) electrons. The molecule has 0 spiro atoms. The highest BCUT2D eigenvalue weighted by molar-refractivity contribution is 6.30. The standard InChI is InChI=1S/C23H24ClN7O3/c1-2-34-13-23(6-7-23)12-25-19-10-18(27-16-5-3-4-15(24)9-16)29-20-14(11-26-31(19)20)8-17-21(32)30-22(33)28-17/h3-5,8-11,25H,2,6-7,12-13H2,1H3,(H,27,29)(H2,28,30,32,33)/b17-8-. The topological polar surface area (TPSA) is 122 Å². The van der Waals surface area contributed by atoms with Gasteiger partial charge in [-0.15, -0.1) is 0 Å². The lowest BCUT2D eigenvalue weighted by Crippen LogP contribution is -2.22. The third kappa shape index (κ3) is 4.68. The monoisotopic (exact) mass is 481 g/mol. The maximum absolute atomic E-state index is 12.0. The van der Waals surface area contributed by atoms with Crippen LogP contribution in [0.5, 0.6) is 0 Å². The van der Waals surface area contributed by atoms with E-state index in [2.05, 4.69) is 26.4 Å². The molecule has 1 aliphatic carbocycles. The zero-order chi connectivity index (χ0) is 23.7. The number of imide groups is 1. The summed E-state index contributed by atoms with van der Waals surface area (Å²) in [6, 6.07) is 8.66. The quantitative estimate of drug-likeness (QED) is 0.272. The summed E-state index contributed by atoms with van der Waals surface area (Å²) >= 11 is 6.14. The van der Waals surface area contributed by atoms with E-state index in [0.717, 1.165) is 30.9 Å². The molecule has 3 aromatic rings. The SMILES string of the molecule is CCOCC1(CNc2cc(Nc3cccc(Cl)c3)nc3c(/C=C4\NC(=O)NC4=O)cnn23)CC1. The summed E-state index contributed by atoms with van der Waals surface area (Å²) in [5.41, 5.74) is 2.15. The molecular weight excluding hydrogens is 458 g/mol. The van der Waals surface area contributed by atoms with Gasteiger partial charge >= 0.3 is 6.03 Å². The summed E-state index contributed by atoms with van der Waals surface area (Å²) in [4.78, 5) is 28.2. The first-order chi connectivity index (χ1) is 16.4. The fraction of sp³-hybridized carbons (Fsp3) is 0.304. The van der Waals surface area contributed by atoms with Crippen molar-refractivity contribution in [3.8, 4) is 0 Å². The number of ether oxygens (including phenoxy) is 1. The molecule has 0 bridgehead atoms. The summed E-state index contributed by atoms with van der Waals surface area (Å²) < 4.78 is 7.35. The van der Waals surface area contributed by atoms with E-state index in [1.165, 1.54) is 0 Å². The first-order valence-electron chi connectivity index (χ1n) is 11.0. The number of halogens is 1. The van der Waals surface area contributed by atoms with Crippen LogP contribution in [0.25, 0.3) is 11.7 Å². The van der Waals surface area contributed by atoms with Gasteiger partial charge in [-0.25, -0.2) is 9.78 Å². The molecule has 1 saturated carbocycles. The Bertz CT molecular complexity index is 1300. The smallest absolute Gasteiger partial charge is 0.326 e. The number of nitrogens with zero attached hydrogens (tertiary/aromatic N) is 3. The Morgan fingerprint density at radius 3 is 2.82 bits per heavy atom. The lowest BCUT2D eigenvalue weighted by atomic mass is 10.1. The van der Waals surface area contributed by atoms with Gasteiger partial charge in [0.05, 0.1) is 12.8 Å². The normalized spacial score (nSPS) is 17.6. The molecule has 5 rings (SSSR count). The molecule has 3 amide bonds. The Morgan fingerprint density at radius 2 is 2.12 bits per heavy atom. The molecule has 0 unspecified atom stereocenters.